The van der Waals surface area contributed by atoms with Gasteiger partial charge >= 0.3 is 0 Å². The Hall–Kier alpha value is -1.61. The summed E-state index contributed by atoms with van der Waals surface area (Å²) in [5, 5.41) is 9.58. The normalized spacial score (nSPS) is 12.5. The Labute approximate surface area is 91.0 Å². The van der Waals surface area contributed by atoms with E-state index in [9.17, 15) is 0 Å². The van der Waals surface area contributed by atoms with E-state index in [2.05, 4.69) is 26.0 Å². The van der Waals surface area contributed by atoms with E-state index >= 15 is 0 Å². The fraction of sp³-hybridized carbons (Fsp3) is 0.333. The number of thioether (sulfide) groups is 1. The average molecular weight is 219 g/mol. The molecule has 15 heavy (non-hydrogen) atoms. The van der Waals surface area contributed by atoms with Crippen molar-refractivity contribution < 1.29 is 0 Å². The molecular formula is C9H9N5S. The summed E-state index contributed by atoms with van der Waals surface area (Å²) in [4.78, 5) is 15.2. The Morgan fingerprint density at radius 2 is 2.40 bits per heavy atom. The predicted molar refractivity (Wildman–Crippen MR) is 57.2 cm³/mol. The van der Waals surface area contributed by atoms with Crippen molar-refractivity contribution in [2.24, 2.45) is 0 Å². The van der Waals surface area contributed by atoms with E-state index in [-0.39, 0.29) is 5.25 Å². The summed E-state index contributed by atoms with van der Waals surface area (Å²) in [6.07, 6.45) is 3.84. The van der Waals surface area contributed by atoms with Gasteiger partial charge in [0.15, 0.2) is 5.65 Å². The van der Waals surface area contributed by atoms with E-state index in [0.29, 0.717) is 5.65 Å². The van der Waals surface area contributed by atoms with Crippen LogP contribution in [0.5, 0.6) is 0 Å². The Kier molecular flexibility index (Phi) is 2.83. The number of fused-ring (bicyclic) bond motifs is 1. The van der Waals surface area contributed by atoms with Crippen LogP contribution in [0.15, 0.2) is 17.7 Å². The molecule has 1 unspecified atom stereocenters. The maximum Gasteiger partial charge on any atom is 0.181 e. The first-order chi connectivity index (χ1) is 7.35. The molecule has 76 valence electrons. The Morgan fingerprint density at radius 3 is 3.13 bits per heavy atom. The molecule has 0 amide bonds. The van der Waals surface area contributed by atoms with Crippen LogP contribution in [0.1, 0.15) is 13.3 Å². The van der Waals surface area contributed by atoms with Gasteiger partial charge in [0.05, 0.1) is 17.6 Å². The van der Waals surface area contributed by atoms with Crippen LogP contribution in [-0.4, -0.2) is 25.2 Å². The molecule has 2 aromatic heterocycles. The van der Waals surface area contributed by atoms with Crippen LogP contribution < -0.4 is 0 Å². The van der Waals surface area contributed by atoms with Gasteiger partial charge in [-0.1, -0.05) is 18.7 Å². The summed E-state index contributed by atoms with van der Waals surface area (Å²) in [5.41, 5.74) is 1.44. The Bertz CT molecular complexity index is 500. The van der Waals surface area contributed by atoms with Gasteiger partial charge in [0, 0.05) is 0 Å². The zero-order chi connectivity index (χ0) is 10.7. The van der Waals surface area contributed by atoms with E-state index in [4.69, 9.17) is 5.26 Å². The first-order valence-electron chi connectivity index (χ1n) is 4.55. The number of H-pyrrole nitrogens is 1. The molecule has 0 aliphatic rings. The second kappa shape index (κ2) is 4.28. The van der Waals surface area contributed by atoms with Crippen LogP contribution in [0.4, 0.5) is 0 Å². The maximum absolute atomic E-state index is 8.87. The third-order valence-corrected chi connectivity index (χ3v) is 3.21. The van der Waals surface area contributed by atoms with Crippen LogP contribution >= 0.6 is 11.8 Å². The molecule has 0 saturated heterocycles. The third kappa shape index (κ3) is 1.92. The van der Waals surface area contributed by atoms with Gasteiger partial charge in [-0.15, -0.1) is 0 Å². The lowest BCUT2D eigenvalue weighted by atomic mass is 10.4. The quantitative estimate of drug-likeness (QED) is 0.628. The summed E-state index contributed by atoms with van der Waals surface area (Å²) in [5.74, 6) is 0. The zero-order valence-corrected chi connectivity index (χ0v) is 8.95. The van der Waals surface area contributed by atoms with Crippen molar-refractivity contribution in [3.05, 3.63) is 12.7 Å². The molecule has 0 aliphatic carbocycles. The number of nitriles is 1. The van der Waals surface area contributed by atoms with Crippen molar-refractivity contribution in [2.45, 2.75) is 23.6 Å². The Balaban J connectivity index is 2.35. The highest BCUT2D eigenvalue weighted by atomic mass is 32.2. The standard InChI is InChI=1S/C9H9N5S/c1-2-6(3-10)15-9-7-8(12-4-11-7)13-5-14-9/h4-6H,2H2,1H3,(H,11,12,13,14). The lowest BCUT2D eigenvalue weighted by Crippen LogP contribution is -1.97. The van der Waals surface area contributed by atoms with E-state index in [1.807, 2.05) is 6.92 Å². The summed E-state index contributed by atoms with van der Waals surface area (Å²) in [6, 6.07) is 2.23. The third-order valence-electron chi connectivity index (χ3n) is 1.96. The molecule has 5 nitrogen and oxygen atoms in total. The van der Waals surface area contributed by atoms with Crippen molar-refractivity contribution in [1.29, 1.82) is 5.26 Å². The number of rotatable bonds is 3. The monoisotopic (exact) mass is 219 g/mol. The number of aromatic amines is 1. The van der Waals surface area contributed by atoms with Gasteiger partial charge < -0.3 is 4.98 Å². The van der Waals surface area contributed by atoms with E-state index in [0.717, 1.165) is 17.0 Å². The van der Waals surface area contributed by atoms with Gasteiger partial charge in [-0.05, 0) is 6.42 Å². The van der Waals surface area contributed by atoms with Crippen LogP contribution in [0.3, 0.4) is 0 Å². The highest BCUT2D eigenvalue weighted by Gasteiger charge is 2.12. The minimum absolute atomic E-state index is 0.0774. The van der Waals surface area contributed by atoms with Crippen molar-refractivity contribution in [2.75, 3.05) is 0 Å². The molecule has 0 aromatic carbocycles. The van der Waals surface area contributed by atoms with Crippen LogP contribution in [0.25, 0.3) is 11.2 Å². The molecule has 0 spiro atoms. The number of nitrogens with one attached hydrogen (secondary N) is 1. The van der Waals surface area contributed by atoms with Crippen LogP contribution in [-0.2, 0) is 0 Å². The van der Waals surface area contributed by atoms with E-state index in [1.54, 1.807) is 6.33 Å². The predicted octanol–water partition coefficient (Wildman–Crippen LogP) is 1.75. The smallest absolute Gasteiger partial charge is 0.181 e. The minimum Gasteiger partial charge on any atom is -0.341 e. The summed E-state index contributed by atoms with van der Waals surface area (Å²) < 4.78 is 0. The van der Waals surface area contributed by atoms with E-state index in [1.165, 1.54) is 18.1 Å². The molecule has 1 atom stereocenters. The number of imidazole rings is 1. The van der Waals surface area contributed by atoms with Crippen molar-refractivity contribution in [3.8, 4) is 6.07 Å². The molecular weight excluding hydrogens is 210 g/mol. The first-order valence-corrected chi connectivity index (χ1v) is 5.43. The van der Waals surface area contributed by atoms with E-state index < -0.39 is 0 Å². The number of nitrogens with zero attached hydrogens (tertiary/aromatic N) is 4. The molecule has 2 aromatic rings. The molecule has 0 aliphatic heterocycles. The number of hydrogen-bond acceptors (Lipinski definition) is 5. The van der Waals surface area contributed by atoms with Gasteiger partial charge in [0.1, 0.15) is 16.9 Å². The summed E-state index contributed by atoms with van der Waals surface area (Å²) >= 11 is 1.44. The zero-order valence-electron chi connectivity index (χ0n) is 8.14. The molecule has 2 rings (SSSR count). The molecule has 6 heteroatoms. The SMILES string of the molecule is CCC(C#N)Sc1ncnc2nc[nH]c12. The first kappa shape index (κ1) is 9.93. The fourth-order valence-electron chi connectivity index (χ4n) is 1.17. The maximum atomic E-state index is 8.87. The molecule has 1 N–H and O–H groups in total. The number of hydrogen-bond donors (Lipinski definition) is 1. The largest absolute Gasteiger partial charge is 0.341 e. The fourth-order valence-corrected chi connectivity index (χ4v) is 2.03. The highest BCUT2D eigenvalue weighted by Crippen LogP contribution is 2.26. The molecule has 2 heterocycles. The topological polar surface area (TPSA) is 78.2 Å². The van der Waals surface area contributed by atoms with Crippen LogP contribution in [0.2, 0.25) is 0 Å². The lowest BCUT2D eigenvalue weighted by molar-refractivity contribution is 0.976. The Morgan fingerprint density at radius 1 is 1.53 bits per heavy atom. The molecule has 0 bridgehead atoms. The van der Waals surface area contributed by atoms with Crippen molar-refractivity contribution in [3.63, 3.8) is 0 Å². The van der Waals surface area contributed by atoms with Gasteiger partial charge in [-0.25, -0.2) is 15.0 Å². The van der Waals surface area contributed by atoms with Crippen molar-refractivity contribution >= 4 is 22.9 Å². The van der Waals surface area contributed by atoms with Gasteiger partial charge in [0.25, 0.3) is 0 Å². The van der Waals surface area contributed by atoms with Gasteiger partial charge in [0.2, 0.25) is 0 Å². The summed E-state index contributed by atoms with van der Waals surface area (Å²) in [7, 11) is 0. The molecule has 0 radical (unpaired) electrons. The van der Waals surface area contributed by atoms with Crippen LogP contribution in [0, 0.1) is 11.3 Å². The van der Waals surface area contributed by atoms with Crippen molar-refractivity contribution in [1.82, 2.24) is 19.9 Å². The number of aromatic nitrogens is 4. The summed E-state index contributed by atoms with van der Waals surface area (Å²) in [6.45, 7) is 1.98. The van der Waals surface area contributed by atoms with Gasteiger partial charge in [-0.2, -0.15) is 5.26 Å². The average Bonchev–Trinajstić information content (AvgIpc) is 2.74. The minimum atomic E-state index is -0.0774. The molecule has 0 fully saturated rings. The van der Waals surface area contributed by atoms with Gasteiger partial charge in [-0.3, -0.25) is 0 Å². The molecule has 0 saturated carbocycles. The second-order valence-electron chi connectivity index (χ2n) is 2.92. The lowest BCUT2D eigenvalue weighted by Gasteiger charge is -2.04. The second-order valence-corrected chi connectivity index (χ2v) is 4.12. The highest BCUT2D eigenvalue weighted by molar-refractivity contribution is 8.00.